The molecule has 0 spiro atoms. The first-order valence-electron chi connectivity index (χ1n) is 11.9. The van der Waals surface area contributed by atoms with Gasteiger partial charge in [0.25, 0.3) is 5.91 Å². The third-order valence-electron chi connectivity index (χ3n) is 6.66. The van der Waals surface area contributed by atoms with Crippen molar-refractivity contribution in [3.8, 4) is 5.75 Å². The van der Waals surface area contributed by atoms with Crippen LogP contribution in [0.5, 0.6) is 5.75 Å². The molecule has 3 atom stereocenters. The first kappa shape index (κ1) is 25.3. The minimum absolute atomic E-state index is 0.0694. The molecule has 0 fully saturated rings. The Morgan fingerprint density at radius 1 is 1.34 bits per heavy atom. The molecule has 1 aliphatic carbocycles. The van der Waals surface area contributed by atoms with E-state index >= 15 is 0 Å². The first-order valence-corrected chi connectivity index (χ1v) is 13.3. The molecule has 1 aromatic heterocycles. The predicted molar refractivity (Wildman–Crippen MR) is 131 cm³/mol. The summed E-state index contributed by atoms with van der Waals surface area (Å²) in [6, 6.07) is 4.60. The smallest absolute Gasteiger partial charge is 0.273 e. The van der Waals surface area contributed by atoms with Crippen LogP contribution in [0.4, 0.5) is 0 Å². The molecule has 2 aromatic rings. The summed E-state index contributed by atoms with van der Waals surface area (Å²) in [6.45, 7) is 3.65. The summed E-state index contributed by atoms with van der Waals surface area (Å²) in [4.78, 5) is 22.5. The molecule has 1 amide bonds. The molecule has 10 heteroatoms. The molecule has 0 bridgehead atoms. The van der Waals surface area contributed by atoms with Gasteiger partial charge in [-0.15, -0.1) is 0 Å². The average molecular weight is 501 g/mol. The highest BCUT2D eigenvalue weighted by Gasteiger charge is 2.38. The third-order valence-corrected chi connectivity index (χ3v) is 8.68. The Morgan fingerprint density at radius 3 is 2.80 bits per heavy atom. The third kappa shape index (κ3) is 5.24. The fourth-order valence-electron chi connectivity index (χ4n) is 4.53. The second-order valence-corrected chi connectivity index (χ2v) is 11.2. The molecule has 0 unspecified atom stereocenters. The molecule has 188 valence electrons. The van der Waals surface area contributed by atoms with Gasteiger partial charge in [-0.2, -0.15) is 4.31 Å². The van der Waals surface area contributed by atoms with Gasteiger partial charge in [0.1, 0.15) is 22.4 Å². The lowest BCUT2D eigenvalue weighted by Gasteiger charge is -2.37. The number of ether oxygens (including phenoxy) is 1. The number of allylic oxidation sites excluding steroid dienone is 2. The second kappa shape index (κ2) is 10.4. The number of likely N-dealkylation sites (N-methyl/N-ethyl adjacent to an activating group) is 1. The van der Waals surface area contributed by atoms with E-state index in [-0.39, 0.29) is 47.9 Å². The van der Waals surface area contributed by atoms with Crippen LogP contribution in [-0.4, -0.2) is 77.5 Å². The van der Waals surface area contributed by atoms with E-state index in [0.29, 0.717) is 0 Å². The molecular formula is C25H32N4O5S. The minimum atomic E-state index is -3.91. The average Bonchev–Trinajstić information content (AvgIpc) is 3.40. The van der Waals surface area contributed by atoms with Crippen molar-refractivity contribution in [3.05, 3.63) is 54.1 Å². The Balaban J connectivity index is 1.72. The molecule has 4 rings (SSSR count). The molecule has 0 saturated carbocycles. The molecule has 1 aromatic carbocycles. The number of fused-ring (bicyclic) bond motifs is 1. The van der Waals surface area contributed by atoms with Gasteiger partial charge in [0.2, 0.25) is 10.0 Å². The zero-order chi connectivity index (χ0) is 25.2. The Kier molecular flexibility index (Phi) is 7.53. The number of amides is 1. The van der Waals surface area contributed by atoms with Gasteiger partial charge in [-0.05, 0) is 49.5 Å². The number of hydrogen-bond acceptors (Lipinski definition) is 7. The number of aliphatic hydroxyl groups is 1. The van der Waals surface area contributed by atoms with Crippen LogP contribution in [0, 0.1) is 5.92 Å². The SMILES string of the molecule is C[C@@H]1CN([C@@H](C)CO)S(=O)(=O)c2ccc(C3=CCCC3)cc2O[C@H]1CN(C)C(=O)c1cnccn1. The zero-order valence-electron chi connectivity index (χ0n) is 20.3. The van der Waals surface area contributed by atoms with E-state index in [2.05, 4.69) is 16.0 Å². The number of benzene rings is 1. The van der Waals surface area contributed by atoms with Crippen LogP contribution in [0.15, 0.2) is 47.8 Å². The summed E-state index contributed by atoms with van der Waals surface area (Å²) < 4.78 is 35.0. The van der Waals surface area contributed by atoms with E-state index < -0.39 is 22.2 Å². The van der Waals surface area contributed by atoms with Crippen molar-refractivity contribution in [2.24, 2.45) is 5.92 Å². The molecule has 35 heavy (non-hydrogen) atoms. The van der Waals surface area contributed by atoms with Crippen molar-refractivity contribution in [1.82, 2.24) is 19.2 Å². The van der Waals surface area contributed by atoms with Crippen LogP contribution >= 0.6 is 0 Å². The fraction of sp³-hybridized carbons (Fsp3) is 0.480. The van der Waals surface area contributed by atoms with Crippen LogP contribution < -0.4 is 4.74 Å². The van der Waals surface area contributed by atoms with Crippen molar-refractivity contribution >= 4 is 21.5 Å². The van der Waals surface area contributed by atoms with Crippen LogP contribution in [0.25, 0.3) is 5.57 Å². The number of nitrogens with zero attached hydrogens (tertiary/aromatic N) is 4. The second-order valence-electron chi connectivity index (χ2n) is 9.30. The van der Waals surface area contributed by atoms with E-state index in [1.165, 1.54) is 33.4 Å². The maximum absolute atomic E-state index is 13.6. The van der Waals surface area contributed by atoms with Gasteiger partial charge in [0.05, 0.1) is 19.3 Å². The fourth-order valence-corrected chi connectivity index (χ4v) is 6.36. The lowest BCUT2D eigenvalue weighted by atomic mass is 10.0. The highest BCUT2D eigenvalue weighted by Crippen LogP contribution is 2.37. The highest BCUT2D eigenvalue weighted by atomic mass is 32.2. The Bertz CT molecular complexity index is 1200. The lowest BCUT2D eigenvalue weighted by molar-refractivity contribution is 0.0559. The first-order chi connectivity index (χ1) is 16.7. The molecule has 1 aliphatic heterocycles. The number of carbonyl (C=O) groups is 1. The van der Waals surface area contributed by atoms with E-state index in [1.54, 1.807) is 26.1 Å². The van der Waals surface area contributed by atoms with Crippen molar-refractivity contribution < 1.29 is 23.1 Å². The number of aliphatic hydroxyl groups excluding tert-OH is 1. The van der Waals surface area contributed by atoms with E-state index in [9.17, 15) is 18.3 Å². The lowest BCUT2D eigenvalue weighted by Crippen LogP contribution is -2.50. The zero-order valence-corrected chi connectivity index (χ0v) is 21.1. The van der Waals surface area contributed by atoms with Gasteiger partial charge in [-0.1, -0.05) is 19.1 Å². The number of aromatic nitrogens is 2. The van der Waals surface area contributed by atoms with Gasteiger partial charge in [0.15, 0.2) is 0 Å². The monoisotopic (exact) mass is 500 g/mol. The highest BCUT2D eigenvalue weighted by molar-refractivity contribution is 7.89. The number of hydrogen-bond donors (Lipinski definition) is 1. The maximum Gasteiger partial charge on any atom is 0.273 e. The van der Waals surface area contributed by atoms with Gasteiger partial charge < -0.3 is 14.7 Å². The summed E-state index contributed by atoms with van der Waals surface area (Å²) in [5, 5.41) is 9.80. The van der Waals surface area contributed by atoms with Gasteiger partial charge in [0, 0.05) is 37.9 Å². The largest absolute Gasteiger partial charge is 0.487 e. The van der Waals surface area contributed by atoms with E-state index in [1.807, 2.05) is 13.0 Å². The molecule has 2 heterocycles. The van der Waals surface area contributed by atoms with Crippen LogP contribution in [0.3, 0.4) is 0 Å². The van der Waals surface area contributed by atoms with Crippen LogP contribution in [0.2, 0.25) is 0 Å². The van der Waals surface area contributed by atoms with Crippen molar-refractivity contribution in [3.63, 3.8) is 0 Å². The summed E-state index contributed by atoms with van der Waals surface area (Å²) in [6.07, 6.45) is 9.07. The number of rotatable bonds is 6. The number of sulfonamides is 1. The summed E-state index contributed by atoms with van der Waals surface area (Å²) in [5.74, 6) is -0.296. The quantitative estimate of drug-likeness (QED) is 0.649. The maximum atomic E-state index is 13.6. The molecule has 9 nitrogen and oxygen atoms in total. The number of carbonyl (C=O) groups excluding carboxylic acids is 1. The van der Waals surface area contributed by atoms with Gasteiger partial charge in [-0.3, -0.25) is 9.78 Å². The molecular weight excluding hydrogens is 468 g/mol. The molecule has 0 radical (unpaired) electrons. The van der Waals surface area contributed by atoms with Crippen LogP contribution in [0.1, 0.15) is 49.2 Å². The van der Waals surface area contributed by atoms with Gasteiger partial charge >= 0.3 is 0 Å². The summed E-state index contributed by atoms with van der Waals surface area (Å²) in [5.41, 5.74) is 2.34. The minimum Gasteiger partial charge on any atom is -0.487 e. The molecule has 2 aliphatic rings. The molecule has 1 N–H and O–H groups in total. The summed E-state index contributed by atoms with van der Waals surface area (Å²) in [7, 11) is -2.24. The standard InChI is InChI=1S/C25H32N4O5S/c1-17-14-29(18(2)16-30)35(32,33)24-9-8-20(19-6-4-5-7-19)12-22(24)34-23(17)15-28(3)25(31)21-13-26-10-11-27-21/h6,8-13,17-18,23,30H,4-5,7,14-16H2,1-3H3/t17-,18+,23+/m1/s1. The molecule has 0 saturated heterocycles. The predicted octanol–water partition coefficient (Wildman–Crippen LogP) is 2.58. The van der Waals surface area contributed by atoms with Crippen molar-refractivity contribution in [2.75, 3.05) is 26.7 Å². The van der Waals surface area contributed by atoms with Crippen molar-refractivity contribution in [1.29, 1.82) is 0 Å². The Labute approximate surface area is 206 Å². The van der Waals surface area contributed by atoms with Gasteiger partial charge in [-0.25, -0.2) is 13.4 Å². The Morgan fingerprint density at radius 2 is 2.14 bits per heavy atom. The Hall–Kier alpha value is -2.82. The van der Waals surface area contributed by atoms with E-state index in [4.69, 9.17) is 4.74 Å². The topological polar surface area (TPSA) is 113 Å². The van der Waals surface area contributed by atoms with Crippen molar-refractivity contribution in [2.45, 2.75) is 50.2 Å². The summed E-state index contributed by atoms with van der Waals surface area (Å²) >= 11 is 0. The normalized spacial score (nSPS) is 22.8. The van der Waals surface area contributed by atoms with Crippen LogP contribution in [-0.2, 0) is 10.0 Å². The van der Waals surface area contributed by atoms with E-state index in [0.717, 1.165) is 24.8 Å².